The van der Waals surface area contributed by atoms with Crippen LogP contribution in [0.15, 0.2) is 0 Å². The number of halogens is 17. The molecule has 20 heteroatoms. The van der Waals surface area contributed by atoms with Crippen LogP contribution in [0.4, 0.5) is 74.6 Å². The van der Waals surface area contributed by atoms with E-state index < -0.39 is 79.1 Å². The molecule has 2 N–H and O–H groups in total. The molecule has 0 rings (SSSR count). The van der Waals surface area contributed by atoms with Crippen molar-refractivity contribution in [2.45, 2.75) is 73.4 Å². The van der Waals surface area contributed by atoms with Crippen molar-refractivity contribution in [3.05, 3.63) is 0 Å². The number of nitrogens with two attached hydrogens (primary N) is 1. The summed E-state index contributed by atoms with van der Waals surface area (Å²) in [5.41, 5.74) is 4.93. The zero-order valence-corrected chi connectivity index (χ0v) is 16.0. The lowest BCUT2D eigenvalue weighted by molar-refractivity contribution is -0.461. The van der Waals surface area contributed by atoms with E-state index >= 15 is 0 Å². The van der Waals surface area contributed by atoms with Crippen LogP contribution in [0, 0.1) is 0 Å². The highest BCUT2D eigenvalue weighted by atomic mass is 19.4. The number of hydrogen-bond donors (Lipinski definition) is 1. The van der Waals surface area contributed by atoms with E-state index in [0.29, 0.717) is 0 Å². The van der Waals surface area contributed by atoms with Gasteiger partial charge in [0, 0.05) is 6.42 Å². The maximum Gasteiger partial charge on any atom is 0.460 e. The molecular formula is C14H12F17NO2. The molecule has 0 bridgehead atoms. The van der Waals surface area contributed by atoms with Crippen LogP contribution in [0.25, 0.3) is 0 Å². The van der Waals surface area contributed by atoms with Gasteiger partial charge in [0.25, 0.3) is 0 Å². The van der Waals surface area contributed by atoms with Gasteiger partial charge >= 0.3 is 53.6 Å². The normalized spacial score (nSPS) is 16.4. The van der Waals surface area contributed by atoms with Gasteiger partial charge in [-0.25, -0.2) is 0 Å². The maximum absolute atomic E-state index is 13.5. The first-order chi connectivity index (χ1) is 14.6. The van der Waals surface area contributed by atoms with E-state index in [4.69, 9.17) is 5.73 Å². The second kappa shape index (κ2) is 9.03. The minimum absolute atomic E-state index is 0.964. The SMILES string of the molecule is C[C@H](N)C(=O)OCCCC(F)(F)C(F)(F)C(F)(F)C(F)(F)C(F)(F)C(F)(F)C(F)(F)C(F)(F)F. The number of ether oxygens (including phenoxy) is 1. The second-order valence-electron chi connectivity index (χ2n) is 6.71. The van der Waals surface area contributed by atoms with E-state index in [1.807, 2.05) is 0 Å². The molecule has 204 valence electrons. The van der Waals surface area contributed by atoms with E-state index in [1.165, 1.54) is 0 Å². The lowest BCUT2D eigenvalue weighted by Gasteiger charge is -2.42. The Morgan fingerprint density at radius 2 is 0.971 bits per heavy atom. The molecule has 34 heavy (non-hydrogen) atoms. The van der Waals surface area contributed by atoms with Gasteiger partial charge in [-0.1, -0.05) is 0 Å². The van der Waals surface area contributed by atoms with E-state index in [-0.39, 0.29) is 0 Å². The van der Waals surface area contributed by atoms with E-state index in [1.54, 1.807) is 0 Å². The molecule has 3 nitrogen and oxygen atoms in total. The third-order valence-corrected chi connectivity index (χ3v) is 4.04. The molecule has 1 atom stereocenters. The fourth-order valence-electron chi connectivity index (χ4n) is 1.95. The first-order valence-electron chi connectivity index (χ1n) is 8.21. The molecule has 0 fully saturated rings. The molecule has 0 aromatic carbocycles. The first kappa shape index (κ1) is 32.2. The van der Waals surface area contributed by atoms with Gasteiger partial charge in [0.15, 0.2) is 0 Å². The number of carbonyl (C=O) groups excluding carboxylic acids is 1. The van der Waals surface area contributed by atoms with Crippen LogP contribution in [-0.2, 0) is 9.53 Å². The van der Waals surface area contributed by atoms with Gasteiger partial charge in [-0.15, -0.1) is 0 Å². The average molecular weight is 549 g/mol. The van der Waals surface area contributed by atoms with Crippen molar-refractivity contribution in [2.24, 2.45) is 5.73 Å². The Labute approximate surface area is 177 Å². The molecule has 0 aromatic rings. The Kier molecular flexibility index (Phi) is 8.56. The van der Waals surface area contributed by atoms with E-state index in [9.17, 15) is 79.4 Å². The van der Waals surface area contributed by atoms with Crippen LogP contribution in [0.3, 0.4) is 0 Å². The highest BCUT2D eigenvalue weighted by Crippen LogP contribution is 2.64. The predicted octanol–water partition coefficient (Wildman–Crippen LogP) is 5.67. The first-order valence-corrected chi connectivity index (χ1v) is 8.21. The lowest BCUT2D eigenvalue weighted by atomic mass is 9.88. The monoisotopic (exact) mass is 549 g/mol. The largest absolute Gasteiger partial charge is 0.465 e. The third kappa shape index (κ3) is 4.82. The maximum atomic E-state index is 13.5. The Bertz CT molecular complexity index is 728. The highest BCUT2D eigenvalue weighted by Gasteiger charge is 2.95. The smallest absolute Gasteiger partial charge is 0.460 e. The fourth-order valence-corrected chi connectivity index (χ4v) is 1.95. The number of hydrogen-bond acceptors (Lipinski definition) is 3. The molecule has 0 saturated heterocycles. The number of rotatable bonds is 11. The van der Waals surface area contributed by atoms with Gasteiger partial charge in [-0.05, 0) is 13.3 Å². The topological polar surface area (TPSA) is 52.3 Å². The van der Waals surface area contributed by atoms with Crippen molar-refractivity contribution in [1.29, 1.82) is 0 Å². The predicted molar refractivity (Wildman–Crippen MR) is 74.5 cm³/mol. The average Bonchev–Trinajstić information content (AvgIpc) is 2.62. The van der Waals surface area contributed by atoms with Crippen molar-refractivity contribution in [3.63, 3.8) is 0 Å². The van der Waals surface area contributed by atoms with Crippen LogP contribution >= 0.6 is 0 Å². The molecule has 0 aliphatic heterocycles. The lowest BCUT2D eigenvalue weighted by Crippen LogP contribution is -2.74. The Hall–Kier alpha value is -1.76. The molecule has 0 aromatic heterocycles. The van der Waals surface area contributed by atoms with E-state index in [0.717, 1.165) is 6.92 Å². The number of alkyl halides is 17. The van der Waals surface area contributed by atoms with Crippen LogP contribution < -0.4 is 5.73 Å². The standard InChI is InChI=1S/C14H12F17NO2/c1-5(32)6(33)34-4-2-3-7(15,16)8(17,18)9(19,20)10(21,22)11(23,24)12(25,26)13(27,28)14(29,30)31/h5H,2-4,32H2,1H3/t5-/m0/s1. The molecule has 0 unspecified atom stereocenters. The van der Waals surface area contributed by atoms with Crippen LogP contribution in [0.1, 0.15) is 19.8 Å². The molecule has 0 amide bonds. The van der Waals surface area contributed by atoms with Gasteiger partial charge in [0.2, 0.25) is 0 Å². The second-order valence-corrected chi connectivity index (χ2v) is 6.71. The summed E-state index contributed by atoms with van der Waals surface area (Å²) < 4.78 is 226. The third-order valence-electron chi connectivity index (χ3n) is 4.04. The number of esters is 1. The molecule has 0 heterocycles. The summed E-state index contributed by atoms with van der Waals surface area (Å²) in [5.74, 6) is -57.9. The summed E-state index contributed by atoms with van der Waals surface area (Å²) >= 11 is 0. The summed E-state index contributed by atoms with van der Waals surface area (Å²) in [6, 6.07) is -1.41. The van der Waals surface area contributed by atoms with Gasteiger partial charge in [0.05, 0.1) is 6.61 Å². The van der Waals surface area contributed by atoms with Crippen LogP contribution in [0.2, 0.25) is 0 Å². The zero-order chi connectivity index (χ0) is 28.0. The summed E-state index contributed by atoms with van der Waals surface area (Å²) in [5, 5.41) is 0. The molecule has 0 aliphatic rings. The minimum Gasteiger partial charge on any atom is -0.465 e. The molecule has 0 aliphatic carbocycles. The van der Waals surface area contributed by atoms with Gasteiger partial charge in [-0.3, -0.25) is 4.79 Å². The minimum atomic E-state index is -8.66. The van der Waals surface area contributed by atoms with E-state index in [2.05, 4.69) is 4.74 Å². The Morgan fingerprint density at radius 1 is 0.647 bits per heavy atom. The summed E-state index contributed by atoms with van der Waals surface area (Å²) in [4.78, 5) is 10.9. The summed E-state index contributed by atoms with van der Waals surface area (Å²) in [6.45, 7) is -0.341. The van der Waals surface area contributed by atoms with Crippen molar-refractivity contribution in [3.8, 4) is 0 Å². The number of carbonyl (C=O) groups is 1. The fraction of sp³-hybridized carbons (Fsp3) is 0.929. The van der Waals surface area contributed by atoms with Crippen LogP contribution in [0.5, 0.6) is 0 Å². The van der Waals surface area contributed by atoms with Crippen molar-refractivity contribution in [2.75, 3.05) is 6.61 Å². The van der Waals surface area contributed by atoms with Gasteiger partial charge in [0.1, 0.15) is 6.04 Å². The molecular weight excluding hydrogens is 537 g/mol. The quantitative estimate of drug-likeness (QED) is 0.206. The zero-order valence-electron chi connectivity index (χ0n) is 16.0. The van der Waals surface area contributed by atoms with Crippen molar-refractivity contribution in [1.82, 2.24) is 0 Å². The van der Waals surface area contributed by atoms with Crippen molar-refractivity contribution < 1.29 is 84.2 Å². The molecule has 0 radical (unpaired) electrons. The van der Waals surface area contributed by atoms with Crippen molar-refractivity contribution >= 4 is 5.97 Å². The Balaban J connectivity index is 6.18. The van der Waals surface area contributed by atoms with Crippen LogP contribution in [-0.4, -0.2) is 66.3 Å². The summed E-state index contributed by atoms with van der Waals surface area (Å²) in [6.07, 6.45) is -12.0. The summed E-state index contributed by atoms with van der Waals surface area (Å²) in [7, 11) is 0. The Morgan fingerprint density at radius 3 is 1.29 bits per heavy atom. The molecule has 0 spiro atoms. The van der Waals surface area contributed by atoms with Gasteiger partial charge < -0.3 is 10.5 Å². The molecule has 0 saturated carbocycles. The highest BCUT2D eigenvalue weighted by molar-refractivity contribution is 5.74. The van der Waals surface area contributed by atoms with Gasteiger partial charge in [-0.2, -0.15) is 74.6 Å².